The van der Waals surface area contributed by atoms with Crippen LogP contribution in [0.4, 0.5) is 0 Å². The van der Waals surface area contributed by atoms with Gasteiger partial charge in [-0.05, 0) is 123 Å². The molecule has 0 N–H and O–H groups in total. The summed E-state index contributed by atoms with van der Waals surface area (Å²) in [4.78, 5) is 65.5. The lowest BCUT2D eigenvalue weighted by Crippen LogP contribution is -2.23. The first-order valence-electron chi connectivity index (χ1n) is 21.3. The minimum atomic E-state index is -0.570. The summed E-state index contributed by atoms with van der Waals surface area (Å²) in [5, 5.41) is 8.04. The van der Waals surface area contributed by atoms with Crippen LogP contribution in [0.25, 0.3) is 0 Å². The van der Waals surface area contributed by atoms with Gasteiger partial charge in [0.25, 0.3) is 0 Å². The van der Waals surface area contributed by atoms with Crippen molar-refractivity contribution in [3.8, 4) is 0 Å². The lowest BCUT2D eigenvalue weighted by atomic mass is 9.94. The number of Topliss-reactive ketones (excluding diaryl/α,β-unsaturated/α-hetero) is 2. The molecule has 10 heteroatoms. The Balaban J connectivity index is 0.000000210. The van der Waals surface area contributed by atoms with Crippen LogP contribution in [0.2, 0.25) is 0 Å². The van der Waals surface area contributed by atoms with Crippen molar-refractivity contribution in [2.75, 3.05) is 0 Å². The van der Waals surface area contributed by atoms with Crippen LogP contribution < -0.4 is 0 Å². The maximum Gasteiger partial charge on any atom is 0.365 e. The molecule has 0 heterocycles. The number of benzene rings is 6. The second-order valence-corrected chi connectivity index (χ2v) is 17.1. The van der Waals surface area contributed by atoms with Crippen LogP contribution in [0, 0.1) is 5.92 Å². The van der Waals surface area contributed by atoms with E-state index in [2.05, 4.69) is 29.4 Å². The molecule has 6 aromatic carbocycles. The Bertz CT molecular complexity index is 2440. The molecule has 1 aliphatic carbocycles. The van der Waals surface area contributed by atoms with Gasteiger partial charge in [-0.25, -0.2) is 9.59 Å². The van der Waals surface area contributed by atoms with Gasteiger partial charge in [0.05, 0.1) is 11.1 Å². The largest absolute Gasteiger partial charge is 0.365 e. The van der Waals surface area contributed by atoms with Gasteiger partial charge < -0.3 is 9.68 Å². The zero-order valence-electron chi connectivity index (χ0n) is 35.3. The average Bonchev–Trinajstić information content (AvgIpc) is 3.88. The van der Waals surface area contributed by atoms with Crippen molar-refractivity contribution in [3.05, 3.63) is 192 Å². The predicted octanol–water partition coefficient (Wildman–Crippen LogP) is 13.6. The summed E-state index contributed by atoms with van der Waals surface area (Å²) in [7, 11) is 0. The van der Waals surface area contributed by atoms with Crippen molar-refractivity contribution in [1.29, 1.82) is 0 Å². The molecule has 0 unspecified atom stereocenters. The van der Waals surface area contributed by atoms with E-state index in [0.29, 0.717) is 34.4 Å². The van der Waals surface area contributed by atoms with Crippen molar-refractivity contribution >= 4 is 58.5 Å². The third-order valence-corrected chi connectivity index (χ3v) is 12.2. The first-order valence-corrected chi connectivity index (χ1v) is 22.9. The number of ketones is 2. The molecule has 0 saturated heterocycles. The van der Waals surface area contributed by atoms with Gasteiger partial charge >= 0.3 is 11.9 Å². The smallest absolute Gasteiger partial charge is 0.312 e. The minimum Gasteiger partial charge on any atom is -0.312 e. The van der Waals surface area contributed by atoms with Crippen LogP contribution in [0.1, 0.15) is 106 Å². The van der Waals surface area contributed by atoms with E-state index in [4.69, 9.17) is 9.68 Å². The molecule has 1 fully saturated rings. The third-order valence-electron chi connectivity index (χ3n) is 10.2. The number of carbonyl (C=O) groups excluding carboxylic acids is 4. The van der Waals surface area contributed by atoms with Gasteiger partial charge in [0, 0.05) is 36.6 Å². The highest BCUT2D eigenvalue weighted by atomic mass is 32.2. The Morgan fingerprint density at radius 3 is 1.35 bits per heavy atom. The van der Waals surface area contributed by atoms with Gasteiger partial charge in [0.15, 0.2) is 0 Å². The van der Waals surface area contributed by atoms with Crippen molar-refractivity contribution in [3.63, 3.8) is 0 Å². The molecule has 63 heavy (non-hydrogen) atoms. The first-order chi connectivity index (χ1) is 30.9. The monoisotopic (exact) mass is 874 g/mol. The number of carbonyl (C=O) groups is 4. The van der Waals surface area contributed by atoms with E-state index < -0.39 is 11.9 Å². The van der Waals surface area contributed by atoms with E-state index in [1.165, 1.54) is 0 Å². The highest BCUT2D eigenvalue weighted by Crippen LogP contribution is 2.31. The number of unbranched alkanes of at least 4 members (excludes halogenated alkanes) is 3. The van der Waals surface area contributed by atoms with Crippen molar-refractivity contribution in [2.24, 2.45) is 16.2 Å². The second kappa shape index (κ2) is 24.9. The predicted molar refractivity (Wildman–Crippen MR) is 252 cm³/mol. The van der Waals surface area contributed by atoms with Crippen LogP contribution in [-0.4, -0.2) is 34.9 Å². The Morgan fingerprint density at radius 1 is 0.476 bits per heavy atom. The molecule has 0 spiro atoms. The van der Waals surface area contributed by atoms with Gasteiger partial charge in [-0.2, -0.15) is 0 Å². The molecule has 8 nitrogen and oxygen atoms in total. The molecule has 320 valence electrons. The average molecular weight is 875 g/mol. The van der Waals surface area contributed by atoms with Crippen LogP contribution >= 0.6 is 23.5 Å². The molecule has 7 rings (SSSR count). The Labute approximate surface area is 378 Å². The topological polar surface area (TPSA) is 111 Å². The Morgan fingerprint density at radius 2 is 0.889 bits per heavy atom. The van der Waals surface area contributed by atoms with Gasteiger partial charge in [-0.3, -0.25) is 9.59 Å². The van der Waals surface area contributed by atoms with E-state index >= 15 is 0 Å². The highest BCUT2D eigenvalue weighted by molar-refractivity contribution is 7.99. The summed E-state index contributed by atoms with van der Waals surface area (Å²) >= 11 is 3.28. The molecule has 0 aliphatic heterocycles. The molecular weight excluding hydrogens is 825 g/mol. The highest BCUT2D eigenvalue weighted by Gasteiger charge is 2.28. The number of nitrogens with zero attached hydrogens (tertiary/aromatic N) is 2. The van der Waals surface area contributed by atoms with Crippen LogP contribution in [0.3, 0.4) is 0 Å². The molecule has 0 bridgehead atoms. The van der Waals surface area contributed by atoms with Crippen molar-refractivity contribution in [1.82, 2.24) is 0 Å². The fourth-order valence-electron chi connectivity index (χ4n) is 6.77. The van der Waals surface area contributed by atoms with E-state index in [-0.39, 0.29) is 23.2 Å². The fraction of sp³-hybridized carbons (Fsp3) is 0.208. The summed E-state index contributed by atoms with van der Waals surface area (Å²) in [6, 6.07) is 52.5. The number of oxime groups is 2. The lowest BCUT2D eigenvalue weighted by Gasteiger charge is -2.12. The van der Waals surface area contributed by atoms with Crippen molar-refractivity contribution < 1.29 is 28.9 Å². The molecule has 0 amide bonds. The van der Waals surface area contributed by atoms with Crippen LogP contribution in [-0.2, 0) is 9.68 Å². The summed E-state index contributed by atoms with van der Waals surface area (Å²) in [5.41, 5.74) is 2.51. The van der Waals surface area contributed by atoms with Crippen LogP contribution in [0.15, 0.2) is 200 Å². The molecule has 6 aromatic rings. The van der Waals surface area contributed by atoms with Gasteiger partial charge in [-0.15, -0.1) is 0 Å². The van der Waals surface area contributed by atoms with E-state index in [9.17, 15) is 19.2 Å². The van der Waals surface area contributed by atoms with Crippen LogP contribution in [0.5, 0.6) is 0 Å². The standard InChI is InChI=1S/C27H27NO3S.C26H23NO3S/c1-2-3-4-11-16-25(28-31-27(30)22-12-7-5-8-13-22)26(29)21-17-19-24(20-18-21)32-23-14-9-6-10-15-23;28-25(20-15-17-23(18-16-20)31-22-13-5-2-6-14-22)24(19-9-7-8-10-19)27-30-26(29)21-11-3-1-4-12-21/h5-10,12-15,17-20H,2-4,11,16H2,1H3;1-6,11-19H,7-10H2/b28-25-;27-24-. The third kappa shape index (κ3) is 14.6. The SMILES string of the molecule is CCCCCC/C(=N/OC(=O)c1ccccc1)C(=O)c1ccc(Sc2ccccc2)cc1.O=C(O/N=C(\C(=O)c1ccc(Sc2ccccc2)cc1)C1CCCC1)c1ccccc1. The summed E-state index contributed by atoms with van der Waals surface area (Å²) < 4.78 is 0. The van der Waals surface area contributed by atoms with Gasteiger partial charge in [-0.1, -0.05) is 146 Å². The number of rotatable bonds is 18. The van der Waals surface area contributed by atoms with E-state index in [0.717, 1.165) is 70.9 Å². The maximum atomic E-state index is 13.2. The summed E-state index contributed by atoms with van der Waals surface area (Å²) in [5.74, 6) is -1.49. The van der Waals surface area contributed by atoms with Crippen molar-refractivity contribution in [2.45, 2.75) is 84.3 Å². The molecule has 1 aliphatic rings. The summed E-state index contributed by atoms with van der Waals surface area (Å²) in [6.45, 7) is 2.14. The second-order valence-electron chi connectivity index (χ2n) is 14.8. The molecular formula is C53H50N2O6S2. The zero-order chi connectivity index (χ0) is 44.1. The first kappa shape index (κ1) is 46.2. The summed E-state index contributed by atoms with van der Waals surface area (Å²) in [6.07, 6.45) is 8.37. The Hall–Kier alpha value is -6.36. The zero-order valence-corrected chi connectivity index (χ0v) is 36.9. The van der Waals surface area contributed by atoms with E-state index in [1.54, 1.807) is 84.2 Å². The molecule has 0 atom stereocenters. The number of hydrogen-bond acceptors (Lipinski definition) is 10. The van der Waals surface area contributed by atoms with E-state index in [1.807, 2.05) is 97.1 Å². The normalized spacial score (nSPS) is 12.8. The fourth-order valence-corrected chi connectivity index (χ4v) is 8.45. The molecule has 0 aromatic heterocycles. The quantitative estimate of drug-likeness (QED) is 0.0276. The molecule has 1 saturated carbocycles. The number of hydrogen-bond donors (Lipinski definition) is 0. The van der Waals surface area contributed by atoms with Gasteiger partial charge in [0.1, 0.15) is 11.4 Å². The maximum absolute atomic E-state index is 13.2. The van der Waals surface area contributed by atoms with Gasteiger partial charge in [0.2, 0.25) is 11.6 Å². The minimum absolute atomic E-state index is 0.0226. The Kier molecular flexibility index (Phi) is 18.3. The lowest BCUT2D eigenvalue weighted by molar-refractivity contribution is 0.0504. The molecule has 0 radical (unpaired) electrons.